The van der Waals surface area contributed by atoms with Crippen LogP contribution >= 0.6 is 0 Å². The molecule has 1 amide bonds. The van der Waals surface area contributed by atoms with Gasteiger partial charge in [-0.1, -0.05) is 45.9 Å². The van der Waals surface area contributed by atoms with Gasteiger partial charge in [0.05, 0.1) is 11.5 Å². The highest BCUT2D eigenvalue weighted by molar-refractivity contribution is 5.94. The van der Waals surface area contributed by atoms with Crippen molar-refractivity contribution in [1.82, 2.24) is 4.90 Å². The first-order valence-electron chi connectivity index (χ1n) is 10.9. The van der Waals surface area contributed by atoms with Crippen LogP contribution in [0.15, 0.2) is 42.5 Å². The maximum atomic E-state index is 12.9. The van der Waals surface area contributed by atoms with E-state index >= 15 is 0 Å². The summed E-state index contributed by atoms with van der Waals surface area (Å²) in [5.74, 6) is 0.678. The van der Waals surface area contributed by atoms with Crippen LogP contribution in [0.1, 0.15) is 50.7 Å². The number of rotatable bonds is 7. The van der Waals surface area contributed by atoms with Gasteiger partial charge in [-0.25, -0.2) is 0 Å². The van der Waals surface area contributed by atoms with Crippen LogP contribution in [-0.4, -0.2) is 48.5 Å². The zero-order chi connectivity index (χ0) is 22.5. The monoisotopic (exact) mass is 424 g/mol. The van der Waals surface area contributed by atoms with E-state index in [1.54, 1.807) is 12.1 Å². The molecule has 1 saturated heterocycles. The fourth-order valence-corrected chi connectivity index (χ4v) is 4.03. The van der Waals surface area contributed by atoms with E-state index in [9.17, 15) is 14.9 Å². The second-order valence-electron chi connectivity index (χ2n) is 8.71. The number of piperazine rings is 1. The molecule has 0 radical (unpaired) electrons. The minimum Gasteiger partial charge on any atom is -0.369 e. The van der Waals surface area contributed by atoms with Crippen LogP contribution in [0.4, 0.5) is 17.1 Å². The number of anilines is 2. The van der Waals surface area contributed by atoms with Crippen molar-refractivity contribution in [2.75, 3.05) is 42.9 Å². The third-order valence-corrected chi connectivity index (χ3v) is 5.80. The molecule has 0 aromatic heterocycles. The fraction of sp³-hybridized carbons (Fsp3) is 0.458. The van der Waals surface area contributed by atoms with E-state index in [1.807, 2.05) is 0 Å². The minimum absolute atomic E-state index is 0.0128. The van der Waals surface area contributed by atoms with Crippen LogP contribution in [0, 0.1) is 10.1 Å². The smallest absolute Gasteiger partial charge is 0.269 e. The maximum Gasteiger partial charge on any atom is 0.269 e. The molecule has 2 aromatic rings. The van der Waals surface area contributed by atoms with Crippen LogP contribution in [0.25, 0.3) is 0 Å². The van der Waals surface area contributed by atoms with E-state index in [-0.39, 0.29) is 16.5 Å². The van der Waals surface area contributed by atoms with Crippen molar-refractivity contribution >= 4 is 23.0 Å². The fourth-order valence-electron chi connectivity index (χ4n) is 4.03. The summed E-state index contributed by atoms with van der Waals surface area (Å²) in [7, 11) is 0. The number of benzene rings is 2. The molecule has 0 unspecified atom stereocenters. The van der Waals surface area contributed by atoms with Crippen LogP contribution in [-0.2, 0) is 4.79 Å². The zero-order valence-corrected chi connectivity index (χ0v) is 18.8. The van der Waals surface area contributed by atoms with E-state index in [2.05, 4.69) is 61.0 Å². The normalized spacial score (nSPS) is 14.8. The molecule has 0 aliphatic carbocycles. The Morgan fingerprint density at radius 2 is 1.52 bits per heavy atom. The van der Waals surface area contributed by atoms with Gasteiger partial charge in [0, 0.05) is 49.7 Å². The molecule has 31 heavy (non-hydrogen) atoms. The first-order chi connectivity index (χ1) is 14.8. The van der Waals surface area contributed by atoms with Crippen LogP contribution in [0.2, 0.25) is 0 Å². The molecule has 0 saturated carbocycles. The quantitative estimate of drug-likeness (QED) is 0.519. The largest absolute Gasteiger partial charge is 0.369 e. The lowest BCUT2D eigenvalue weighted by molar-refractivity contribution is -0.384. The summed E-state index contributed by atoms with van der Waals surface area (Å²) in [6.45, 7) is 12.0. The Bertz CT molecular complexity index is 891. The summed E-state index contributed by atoms with van der Waals surface area (Å²) >= 11 is 0. The van der Waals surface area contributed by atoms with Gasteiger partial charge in [-0.05, 0) is 35.1 Å². The van der Waals surface area contributed by atoms with Crippen LogP contribution < -0.4 is 10.2 Å². The second-order valence-corrected chi connectivity index (χ2v) is 8.71. The lowest BCUT2D eigenvalue weighted by atomic mass is 9.92. The van der Waals surface area contributed by atoms with E-state index in [1.165, 1.54) is 23.3 Å². The molecule has 2 aromatic carbocycles. The molecular weight excluding hydrogens is 392 g/mol. The SMILES string of the molecule is CC(C)c1cccc(C(C)C)c1NC(=O)CN1CCN(c2ccc([N+](=O)[O-])cc2)CC1. The highest BCUT2D eigenvalue weighted by atomic mass is 16.6. The highest BCUT2D eigenvalue weighted by Gasteiger charge is 2.21. The molecule has 166 valence electrons. The first kappa shape index (κ1) is 22.7. The standard InChI is InChI=1S/C24H32N4O3/c1-17(2)21-6-5-7-22(18(3)4)24(21)25-23(29)16-26-12-14-27(15-13-26)19-8-10-20(11-9-19)28(30)31/h5-11,17-18H,12-16H2,1-4H3,(H,25,29). The van der Waals surface area contributed by atoms with Gasteiger partial charge < -0.3 is 10.2 Å². The van der Waals surface area contributed by atoms with Crippen molar-refractivity contribution in [2.45, 2.75) is 39.5 Å². The van der Waals surface area contributed by atoms with Gasteiger partial charge in [0.2, 0.25) is 5.91 Å². The highest BCUT2D eigenvalue weighted by Crippen LogP contribution is 2.32. The number of nitrogens with one attached hydrogen (secondary N) is 1. The Morgan fingerprint density at radius 1 is 0.968 bits per heavy atom. The summed E-state index contributed by atoms with van der Waals surface area (Å²) in [4.78, 5) is 27.7. The molecular formula is C24H32N4O3. The van der Waals surface area contributed by atoms with Crippen molar-refractivity contribution in [3.05, 3.63) is 63.7 Å². The van der Waals surface area contributed by atoms with Gasteiger partial charge in [0.25, 0.3) is 5.69 Å². The van der Waals surface area contributed by atoms with Gasteiger partial charge in [0.1, 0.15) is 0 Å². The molecule has 0 atom stereocenters. The van der Waals surface area contributed by atoms with Gasteiger partial charge >= 0.3 is 0 Å². The summed E-state index contributed by atoms with van der Waals surface area (Å²) in [6.07, 6.45) is 0. The van der Waals surface area contributed by atoms with Crippen molar-refractivity contribution in [3.8, 4) is 0 Å². The number of carbonyl (C=O) groups excluding carboxylic acids is 1. The summed E-state index contributed by atoms with van der Waals surface area (Å²) in [5.41, 5.74) is 4.37. The number of amides is 1. The molecule has 7 heteroatoms. The molecule has 0 spiro atoms. The molecule has 1 aliphatic heterocycles. The third-order valence-electron chi connectivity index (χ3n) is 5.80. The topological polar surface area (TPSA) is 78.7 Å². The zero-order valence-electron chi connectivity index (χ0n) is 18.8. The van der Waals surface area contributed by atoms with Crippen molar-refractivity contribution in [3.63, 3.8) is 0 Å². The van der Waals surface area contributed by atoms with Crippen molar-refractivity contribution in [1.29, 1.82) is 0 Å². The number of para-hydroxylation sites is 1. The lowest BCUT2D eigenvalue weighted by Gasteiger charge is -2.35. The summed E-state index contributed by atoms with van der Waals surface area (Å²) < 4.78 is 0. The Labute approximate surface area is 184 Å². The van der Waals surface area contributed by atoms with Crippen molar-refractivity contribution < 1.29 is 9.72 Å². The van der Waals surface area contributed by atoms with Gasteiger partial charge in [-0.2, -0.15) is 0 Å². The molecule has 0 bridgehead atoms. The molecule has 7 nitrogen and oxygen atoms in total. The number of nitrogens with zero attached hydrogens (tertiary/aromatic N) is 3. The number of carbonyl (C=O) groups is 1. The van der Waals surface area contributed by atoms with E-state index < -0.39 is 0 Å². The van der Waals surface area contributed by atoms with Gasteiger partial charge in [0.15, 0.2) is 0 Å². The summed E-state index contributed by atoms with van der Waals surface area (Å²) in [6, 6.07) is 12.9. The predicted molar refractivity (Wildman–Crippen MR) is 125 cm³/mol. The number of hydrogen-bond acceptors (Lipinski definition) is 5. The Hall–Kier alpha value is -2.93. The summed E-state index contributed by atoms with van der Waals surface area (Å²) in [5, 5.41) is 14.0. The molecule has 1 fully saturated rings. The van der Waals surface area contributed by atoms with Crippen LogP contribution in [0.3, 0.4) is 0 Å². The molecule has 3 rings (SSSR count). The number of nitro benzene ring substituents is 1. The Balaban J connectivity index is 1.59. The Morgan fingerprint density at radius 3 is 2.00 bits per heavy atom. The molecule has 1 N–H and O–H groups in total. The Kier molecular flexibility index (Phi) is 7.28. The van der Waals surface area contributed by atoms with E-state index in [4.69, 9.17) is 0 Å². The lowest BCUT2D eigenvalue weighted by Crippen LogP contribution is -2.48. The number of non-ortho nitro benzene ring substituents is 1. The predicted octanol–water partition coefficient (Wildman–Crippen LogP) is 4.60. The average molecular weight is 425 g/mol. The van der Waals surface area contributed by atoms with E-state index in [0.717, 1.165) is 37.6 Å². The average Bonchev–Trinajstić information content (AvgIpc) is 2.74. The van der Waals surface area contributed by atoms with Crippen molar-refractivity contribution in [2.24, 2.45) is 0 Å². The second kappa shape index (κ2) is 9.92. The molecule has 1 aliphatic rings. The number of nitro groups is 1. The third kappa shape index (κ3) is 5.61. The van der Waals surface area contributed by atoms with Gasteiger partial charge in [-0.3, -0.25) is 19.8 Å². The minimum atomic E-state index is -0.386. The first-order valence-corrected chi connectivity index (χ1v) is 10.9. The van der Waals surface area contributed by atoms with Crippen LogP contribution in [0.5, 0.6) is 0 Å². The maximum absolute atomic E-state index is 12.9. The molecule has 1 heterocycles. The van der Waals surface area contributed by atoms with Gasteiger partial charge in [-0.15, -0.1) is 0 Å². The van der Waals surface area contributed by atoms with E-state index in [0.29, 0.717) is 18.4 Å². The number of hydrogen-bond donors (Lipinski definition) is 1.